The highest BCUT2D eigenvalue weighted by atomic mass is 35.5. The van der Waals surface area contributed by atoms with E-state index in [9.17, 15) is 8.42 Å². The monoisotopic (exact) mass is 478 g/mol. The molecule has 5 nitrogen and oxygen atoms in total. The van der Waals surface area contributed by atoms with Gasteiger partial charge in [-0.25, -0.2) is 8.42 Å². The van der Waals surface area contributed by atoms with Gasteiger partial charge in [-0.1, -0.05) is 36.4 Å². The molecule has 7 heteroatoms. The molecule has 0 aromatic heterocycles. The van der Waals surface area contributed by atoms with E-state index in [1.54, 1.807) is 23.5 Å². The van der Waals surface area contributed by atoms with Gasteiger partial charge in [0.25, 0.3) is 0 Å². The minimum absolute atomic E-state index is 0. The van der Waals surface area contributed by atoms with Gasteiger partial charge in [0.1, 0.15) is 0 Å². The molecule has 2 aliphatic heterocycles. The SMILES string of the molecule is COC1CCN(S(=O)(=O)c2ccc(-c3ccc(CCN4CCC[C@H]4C)cc3)cc2)CC1.Cl. The van der Waals surface area contributed by atoms with Gasteiger partial charge in [-0.3, -0.25) is 0 Å². The van der Waals surface area contributed by atoms with Crippen molar-refractivity contribution in [3.8, 4) is 11.1 Å². The second kappa shape index (κ2) is 11.1. The third-order valence-electron chi connectivity index (χ3n) is 6.89. The smallest absolute Gasteiger partial charge is 0.243 e. The number of benzene rings is 2. The fraction of sp³-hybridized carbons (Fsp3) is 0.520. The lowest BCUT2D eigenvalue weighted by molar-refractivity contribution is 0.0604. The van der Waals surface area contributed by atoms with E-state index in [-0.39, 0.29) is 18.5 Å². The van der Waals surface area contributed by atoms with Crippen LogP contribution in [-0.4, -0.2) is 63.1 Å². The highest BCUT2D eigenvalue weighted by molar-refractivity contribution is 7.89. The number of hydrogen-bond donors (Lipinski definition) is 0. The summed E-state index contributed by atoms with van der Waals surface area (Å²) >= 11 is 0. The predicted molar refractivity (Wildman–Crippen MR) is 132 cm³/mol. The molecular weight excluding hydrogens is 444 g/mol. The molecule has 0 unspecified atom stereocenters. The van der Waals surface area contributed by atoms with Gasteiger partial charge < -0.3 is 9.64 Å². The van der Waals surface area contributed by atoms with Crippen molar-refractivity contribution in [2.45, 2.75) is 56.1 Å². The van der Waals surface area contributed by atoms with Crippen LogP contribution in [0.1, 0.15) is 38.2 Å². The first-order valence-corrected chi connectivity index (χ1v) is 12.9. The molecule has 0 amide bonds. The molecule has 2 saturated heterocycles. The fourth-order valence-corrected chi connectivity index (χ4v) is 6.21. The summed E-state index contributed by atoms with van der Waals surface area (Å²) in [7, 11) is -1.76. The molecule has 176 valence electrons. The summed E-state index contributed by atoms with van der Waals surface area (Å²) in [6.07, 6.45) is 5.36. The van der Waals surface area contributed by atoms with Crippen molar-refractivity contribution in [2.24, 2.45) is 0 Å². The molecule has 4 rings (SSSR count). The van der Waals surface area contributed by atoms with Crippen LogP contribution < -0.4 is 0 Å². The lowest BCUT2D eigenvalue weighted by Crippen LogP contribution is -2.40. The van der Waals surface area contributed by atoms with E-state index in [1.807, 2.05) is 12.1 Å². The largest absolute Gasteiger partial charge is 0.381 e. The zero-order chi connectivity index (χ0) is 21.8. The lowest BCUT2D eigenvalue weighted by Gasteiger charge is -2.30. The molecule has 2 fully saturated rings. The molecule has 1 atom stereocenters. The van der Waals surface area contributed by atoms with Crippen molar-refractivity contribution in [1.82, 2.24) is 9.21 Å². The highest BCUT2D eigenvalue weighted by Gasteiger charge is 2.29. The number of nitrogens with zero attached hydrogens (tertiary/aromatic N) is 2. The topological polar surface area (TPSA) is 49.9 Å². The summed E-state index contributed by atoms with van der Waals surface area (Å²) in [5, 5.41) is 0. The average molecular weight is 479 g/mol. The van der Waals surface area contributed by atoms with Crippen LogP contribution in [0.4, 0.5) is 0 Å². The van der Waals surface area contributed by atoms with E-state index in [4.69, 9.17) is 4.74 Å². The molecule has 0 aliphatic carbocycles. The van der Waals surface area contributed by atoms with Gasteiger partial charge in [-0.15, -0.1) is 12.4 Å². The molecule has 2 aromatic rings. The van der Waals surface area contributed by atoms with Crippen LogP contribution in [0.15, 0.2) is 53.4 Å². The minimum atomic E-state index is -3.45. The highest BCUT2D eigenvalue weighted by Crippen LogP contribution is 2.26. The molecule has 32 heavy (non-hydrogen) atoms. The Morgan fingerprint density at radius 1 is 0.906 bits per heavy atom. The Kier molecular flexibility index (Phi) is 8.75. The molecule has 2 heterocycles. The maximum atomic E-state index is 13.0. The normalized spacial score (nSPS) is 20.9. The standard InChI is InChI=1S/C25H34N2O3S.ClH/c1-20-4-3-16-26(20)17-13-21-5-7-22(8-6-21)23-9-11-25(12-10-23)31(28,29)27-18-14-24(30-2)15-19-27;/h5-12,20,24H,3-4,13-19H2,1-2H3;1H/t20-;/m1./s1. The van der Waals surface area contributed by atoms with E-state index in [0.29, 0.717) is 24.0 Å². The first-order valence-electron chi connectivity index (χ1n) is 11.4. The lowest BCUT2D eigenvalue weighted by atomic mass is 10.0. The molecule has 0 N–H and O–H groups in total. The quantitative estimate of drug-likeness (QED) is 0.583. The molecule has 2 aliphatic rings. The van der Waals surface area contributed by atoms with Crippen LogP contribution in [0.25, 0.3) is 11.1 Å². The Hall–Kier alpha value is -1.44. The summed E-state index contributed by atoms with van der Waals surface area (Å²) in [5.41, 5.74) is 3.50. The number of methoxy groups -OCH3 is 1. The maximum Gasteiger partial charge on any atom is 0.243 e. The van der Waals surface area contributed by atoms with Crippen molar-refractivity contribution >= 4 is 22.4 Å². The Bertz CT molecular complexity index is 956. The van der Waals surface area contributed by atoms with Gasteiger partial charge in [0.05, 0.1) is 11.0 Å². The van der Waals surface area contributed by atoms with Crippen molar-refractivity contribution < 1.29 is 13.2 Å². The minimum Gasteiger partial charge on any atom is -0.381 e. The Labute approximate surface area is 199 Å². The van der Waals surface area contributed by atoms with Crippen molar-refractivity contribution in [3.63, 3.8) is 0 Å². The van der Waals surface area contributed by atoms with Crippen LogP contribution >= 0.6 is 12.4 Å². The van der Waals surface area contributed by atoms with Crippen LogP contribution in [-0.2, 0) is 21.2 Å². The molecule has 0 radical (unpaired) electrons. The second-order valence-electron chi connectivity index (χ2n) is 8.84. The summed E-state index contributed by atoms with van der Waals surface area (Å²) in [6.45, 7) is 5.69. The second-order valence-corrected chi connectivity index (χ2v) is 10.8. The van der Waals surface area contributed by atoms with E-state index in [1.165, 1.54) is 24.9 Å². The zero-order valence-corrected chi connectivity index (χ0v) is 20.7. The third-order valence-corrected chi connectivity index (χ3v) is 8.80. The average Bonchev–Trinajstić information content (AvgIpc) is 3.23. The van der Waals surface area contributed by atoms with Gasteiger partial charge in [0, 0.05) is 32.8 Å². The first kappa shape index (κ1) is 25.2. The van der Waals surface area contributed by atoms with Crippen LogP contribution in [0.2, 0.25) is 0 Å². The van der Waals surface area contributed by atoms with E-state index in [0.717, 1.165) is 36.9 Å². The van der Waals surface area contributed by atoms with Crippen molar-refractivity contribution in [3.05, 3.63) is 54.1 Å². The van der Waals surface area contributed by atoms with Crippen LogP contribution in [0.3, 0.4) is 0 Å². The van der Waals surface area contributed by atoms with Gasteiger partial charge in [-0.2, -0.15) is 4.31 Å². The number of hydrogen-bond acceptors (Lipinski definition) is 4. The van der Waals surface area contributed by atoms with Crippen molar-refractivity contribution in [2.75, 3.05) is 33.3 Å². The van der Waals surface area contributed by atoms with Crippen molar-refractivity contribution in [1.29, 1.82) is 0 Å². The zero-order valence-electron chi connectivity index (χ0n) is 19.1. The number of rotatable bonds is 7. The van der Waals surface area contributed by atoms with Gasteiger partial charge in [-0.05, 0) is 74.4 Å². The Balaban J connectivity index is 0.00000289. The number of sulfonamides is 1. The van der Waals surface area contributed by atoms with Crippen LogP contribution in [0, 0.1) is 0 Å². The number of ether oxygens (including phenoxy) is 1. The summed E-state index contributed by atoms with van der Waals surface area (Å²) in [5.74, 6) is 0. The number of piperidine rings is 1. The van der Waals surface area contributed by atoms with E-state index in [2.05, 4.69) is 36.1 Å². The fourth-order valence-electron chi connectivity index (χ4n) is 4.74. The van der Waals surface area contributed by atoms with Crippen LogP contribution in [0.5, 0.6) is 0 Å². The third kappa shape index (κ3) is 5.72. The van der Waals surface area contributed by atoms with Gasteiger partial charge in [0.15, 0.2) is 0 Å². The summed E-state index contributed by atoms with van der Waals surface area (Å²) in [4.78, 5) is 2.94. The molecule has 0 spiro atoms. The molecule has 0 bridgehead atoms. The molecule has 0 saturated carbocycles. The van der Waals surface area contributed by atoms with Gasteiger partial charge >= 0.3 is 0 Å². The first-order chi connectivity index (χ1) is 15.0. The van der Waals surface area contributed by atoms with E-state index >= 15 is 0 Å². The Morgan fingerprint density at radius 2 is 1.50 bits per heavy atom. The van der Waals surface area contributed by atoms with E-state index < -0.39 is 10.0 Å². The molecular formula is C25H35ClN2O3S. The molecule has 2 aromatic carbocycles. The predicted octanol–water partition coefficient (Wildman–Crippen LogP) is 4.60. The Morgan fingerprint density at radius 3 is 2.03 bits per heavy atom. The summed E-state index contributed by atoms with van der Waals surface area (Å²) in [6, 6.07) is 16.7. The number of likely N-dealkylation sites (tertiary alicyclic amines) is 1. The van der Waals surface area contributed by atoms with Gasteiger partial charge in [0.2, 0.25) is 10.0 Å². The number of halogens is 1. The summed E-state index contributed by atoms with van der Waals surface area (Å²) < 4.78 is 32.8. The maximum absolute atomic E-state index is 13.0.